The highest BCUT2D eigenvalue weighted by Crippen LogP contribution is 2.48. The van der Waals surface area contributed by atoms with Gasteiger partial charge in [0, 0.05) is 16.8 Å². The fourth-order valence-electron chi connectivity index (χ4n) is 5.43. The second-order valence-electron chi connectivity index (χ2n) is 10.2. The van der Waals surface area contributed by atoms with Crippen molar-refractivity contribution in [2.24, 2.45) is 9.98 Å². The van der Waals surface area contributed by atoms with Crippen LogP contribution in [0.4, 0.5) is 27.3 Å². The van der Waals surface area contributed by atoms with E-state index in [1.165, 1.54) is 11.6 Å². The van der Waals surface area contributed by atoms with Gasteiger partial charge in [0.1, 0.15) is 5.82 Å². The molecule has 1 aromatic heterocycles. The van der Waals surface area contributed by atoms with Crippen LogP contribution in [0.2, 0.25) is 0 Å². The Morgan fingerprint density at radius 2 is 1.43 bits per heavy atom. The molecule has 7 heteroatoms. The highest BCUT2D eigenvalue weighted by atomic mass is 19.1. The van der Waals surface area contributed by atoms with Gasteiger partial charge < -0.3 is 10.2 Å². The summed E-state index contributed by atoms with van der Waals surface area (Å²) in [5.74, 6) is 1.58. The maximum atomic E-state index is 15.7. The molecule has 1 unspecified atom stereocenters. The summed E-state index contributed by atoms with van der Waals surface area (Å²) in [5.41, 5.74) is 7.95. The van der Waals surface area contributed by atoms with E-state index < -0.39 is 6.04 Å². The third kappa shape index (κ3) is 3.90. The van der Waals surface area contributed by atoms with Crippen molar-refractivity contribution in [2.45, 2.75) is 26.8 Å². The van der Waals surface area contributed by atoms with Crippen molar-refractivity contribution in [1.29, 1.82) is 0 Å². The Morgan fingerprint density at radius 1 is 0.750 bits per heavy atom. The zero-order valence-electron chi connectivity index (χ0n) is 22.4. The molecule has 7 rings (SSSR count). The van der Waals surface area contributed by atoms with Crippen LogP contribution in [-0.4, -0.2) is 21.5 Å². The van der Waals surface area contributed by atoms with Crippen LogP contribution >= 0.6 is 0 Å². The number of aryl methyl sites for hydroxylation is 3. The lowest BCUT2D eigenvalue weighted by atomic mass is 9.93. The Labute approximate surface area is 232 Å². The summed E-state index contributed by atoms with van der Waals surface area (Å²) in [7, 11) is 0. The van der Waals surface area contributed by atoms with Gasteiger partial charge in [-0.3, -0.25) is 0 Å². The monoisotopic (exact) mass is 526 g/mol. The maximum absolute atomic E-state index is 15.7. The van der Waals surface area contributed by atoms with Gasteiger partial charge in [-0.1, -0.05) is 65.7 Å². The lowest BCUT2D eigenvalue weighted by molar-refractivity contribution is 0.597. The lowest BCUT2D eigenvalue weighted by Crippen LogP contribution is -2.46. The van der Waals surface area contributed by atoms with Crippen LogP contribution in [0.1, 0.15) is 34.0 Å². The van der Waals surface area contributed by atoms with Crippen molar-refractivity contribution in [3.63, 3.8) is 0 Å². The molecular formula is C33H27FN6. The molecule has 6 nitrogen and oxygen atoms in total. The van der Waals surface area contributed by atoms with E-state index in [0.29, 0.717) is 23.1 Å². The van der Waals surface area contributed by atoms with Gasteiger partial charge in [-0.05, 0) is 63.2 Å². The van der Waals surface area contributed by atoms with Gasteiger partial charge in [0.2, 0.25) is 0 Å². The van der Waals surface area contributed by atoms with E-state index in [9.17, 15) is 0 Å². The molecule has 2 aliphatic heterocycles. The van der Waals surface area contributed by atoms with Crippen molar-refractivity contribution >= 4 is 34.6 Å². The van der Waals surface area contributed by atoms with E-state index in [-0.39, 0.29) is 5.82 Å². The van der Waals surface area contributed by atoms with Crippen LogP contribution in [0.5, 0.6) is 0 Å². The second kappa shape index (κ2) is 9.31. The minimum Gasteiger partial charge on any atom is -0.337 e. The van der Waals surface area contributed by atoms with E-state index in [1.807, 2.05) is 72.3 Å². The number of rotatable bonds is 3. The first-order chi connectivity index (χ1) is 19.5. The molecule has 0 spiro atoms. The summed E-state index contributed by atoms with van der Waals surface area (Å²) in [6, 6.07) is 30.7. The molecule has 196 valence electrons. The van der Waals surface area contributed by atoms with Gasteiger partial charge in [-0.25, -0.2) is 19.1 Å². The molecule has 1 N–H and O–H groups in total. The van der Waals surface area contributed by atoms with E-state index in [1.54, 1.807) is 6.07 Å². The molecule has 5 aromatic rings. The topological polar surface area (TPSA) is 57.8 Å². The molecule has 0 amide bonds. The second-order valence-corrected chi connectivity index (χ2v) is 10.2. The van der Waals surface area contributed by atoms with Gasteiger partial charge in [0.15, 0.2) is 17.5 Å². The van der Waals surface area contributed by atoms with Gasteiger partial charge in [-0.2, -0.15) is 5.10 Å². The van der Waals surface area contributed by atoms with Crippen LogP contribution in [0.3, 0.4) is 0 Å². The number of nitrogens with zero attached hydrogens (tertiary/aromatic N) is 5. The Balaban J connectivity index is 1.50. The quantitative estimate of drug-likeness (QED) is 0.262. The average Bonchev–Trinajstić information content (AvgIpc) is 3.30. The Kier molecular flexibility index (Phi) is 5.59. The maximum Gasteiger partial charge on any atom is 0.179 e. The zero-order chi connectivity index (χ0) is 27.4. The normalized spacial score (nSPS) is 15.5. The number of aliphatic imine (C=N–C) groups is 2. The third-order valence-corrected chi connectivity index (χ3v) is 7.43. The summed E-state index contributed by atoms with van der Waals surface area (Å²) in [6.45, 7) is 6.08. The number of aromatic nitrogens is 2. The summed E-state index contributed by atoms with van der Waals surface area (Å²) >= 11 is 0. The summed E-state index contributed by atoms with van der Waals surface area (Å²) in [5, 5.41) is 8.42. The predicted octanol–water partition coefficient (Wildman–Crippen LogP) is 7.73. The van der Waals surface area contributed by atoms with Crippen molar-refractivity contribution in [2.75, 3.05) is 10.2 Å². The molecule has 0 saturated heterocycles. The summed E-state index contributed by atoms with van der Waals surface area (Å²) in [4.78, 5) is 12.3. The first kappa shape index (κ1) is 24.0. The Bertz CT molecular complexity index is 1820. The average molecular weight is 527 g/mol. The molecule has 40 heavy (non-hydrogen) atoms. The number of fused-ring (bicyclic) bond motifs is 4. The molecule has 3 heterocycles. The lowest BCUT2D eigenvalue weighted by Gasteiger charge is -2.40. The van der Waals surface area contributed by atoms with E-state index in [0.717, 1.165) is 39.6 Å². The first-order valence-corrected chi connectivity index (χ1v) is 13.3. The van der Waals surface area contributed by atoms with Crippen LogP contribution < -0.4 is 10.2 Å². The molecule has 0 saturated carbocycles. The number of benzene rings is 4. The van der Waals surface area contributed by atoms with E-state index >= 15 is 4.39 Å². The zero-order valence-corrected chi connectivity index (χ0v) is 22.4. The summed E-state index contributed by atoms with van der Waals surface area (Å²) < 4.78 is 17.5. The number of nitrogens with one attached hydrogen (secondary N) is 1. The number of para-hydroxylation sites is 2. The fraction of sp³-hybridized carbons (Fsp3) is 0.121. The van der Waals surface area contributed by atoms with Crippen LogP contribution in [0.25, 0.3) is 5.69 Å². The predicted molar refractivity (Wildman–Crippen MR) is 159 cm³/mol. The van der Waals surface area contributed by atoms with Crippen molar-refractivity contribution < 1.29 is 4.39 Å². The van der Waals surface area contributed by atoms with E-state index in [2.05, 4.69) is 48.3 Å². The SMILES string of the molecule is Cc1ccc(NC2=Nc3ccccc3N3C2=Nc2c(c(C)nn2-c2ccc(C)cc2)C3c2ccccc2F)cc1. The minimum absolute atomic E-state index is 0.282. The van der Waals surface area contributed by atoms with Gasteiger partial charge in [0.25, 0.3) is 0 Å². The molecule has 0 bridgehead atoms. The van der Waals surface area contributed by atoms with Crippen molar-refractivity contribution in [3.05, 3.63) is 131 Å². The number of hydrogen-bond donors (Lipinski definition) is 1. The minimum atomic E-state index is -0.505. The van der Waals surface area contributed by atoms with Crippen LogP contribution in [0, 0.1) is 26.6 Å². The molecule has 4 aromatic carbocycles. The highest BCUT2D eigenvalue weighted by molar-refractivity contribution is 6.51. The Morgan fingerprint density at radius 3 is 2.17 bits per heavy atom. The van der Waals surface area contributed by atoms with E-state index in [4.69, 9.17) is 15.1 Å². The number of halogens is 1. The van der Waals surface area contributed by atoms with Crippen LogP contribution in [0.15, 0.2) is 107 Å². The van der Waals surface area contributed by atoms with Gasteiger partial charge in [-0.15, -0.1) is 0 Å². The smallest absolute Gasteiger partial charge is 0.179 e. The van der Waals surface area contributed by atoms with Gasteiger partial charge >= 0.3 is 0 Å². The largest absolute Gasteiger partial charge is 0.337 e. The van der Waals surface area contributed by atoms with Crippen molar-refractivity contribution in [1.82, 2.24) is 9.78 Å². The highest BCUT2D eigenvalue weighted by Gasteiger charge is 2.42. The molecule has 0 radical (unpaired) electrons. The fourth-order valence-corrected chi connectivity index (χ4v) is 5.43. The number of anilines is 2. The Hall–Kier alpha value is -5.04. The molecule has 0 fully saturated rings. The standard InChI is InChI=1S/C33H27FN6/c1-20-12-16-23(17-13-20)35-31-33-37-32-29(22(3)38-40(32)24-18-14-21(2)15-19-24)30(25-8-4-5-9-26(25)34)39(33)28-11-7-6-10-27(28)36-31/h4-19,30H,1-3H3,(H,35,36). The van der Waals surface area contributed by atoms with Crippen LogP contribution in [-0.2, 0) is 0 Å². The molecule has 1 atom stereocenters. The first-order valence-electron chi connectivity index (χ1n) is 13.3. The van der Waals surface area contributed by atoms with Crippen molar-refractivity contribution in [3.8, 4) is 5.69 Å². The number of amidine groups is 2. The van der Waals surface area contributed by atoms with Gasteiger partial charge in [0.05, 0.1) is 28.8 Å². The molecule has 0 aliphatic carbocycles. The molecule has 2 aliphatic rings. The molecular weight excluding hydrogens is 499 g/mol. The number of hydrogen-bond acceptors (Lipinski definition) is 5. The third-order valence-electron chi connectivity index (χ3n) is 7.43. The summed E-state index contributed by atoms with van der Waals surface area (Å²) in [6.07, 6.45) is 0.